The largest absolute Gasteiger partial charge is 0.380 e. The van der Waals surface area contributed by atoms with Crippen LogP contribution in [0.15, 0.2) is 16.4 Å². The third kappa shape index (κ3) is 1.32. The van der Waals surface area contributed by atoms with Crippen molar-refractivity contribution in [2.24, 2.45) is 5.41 Å². The number of ether oxygens (including phenoxy) is 1. The van der Waals surface area contributed by atoms with Crippen LogP contribution in [0, 0.1) is 5.41 Å². The molecule has 2 rings (SSSR count). The molecular formula is C8H11NO2S. The van der Waals surface area contributed by atoms with Crippen molar-refractivity contribution in [1.82, 2.24) is 4.57 Å². The molecule has 0 bridgehead atoms. The Kier molecular flexibility index (Phi) is 1.81. The first kappa shape index (κ1) is 8.01. The van der Waals surface area contributed by atoms with Crippen LogP contribution in [-0.2, 0) is 11.3 Å². The summed E-state index contributed by atoms with van der Waals surface area (Å²) in [6, 6.07) is 0. The van der Waals surface area contributed by atoms with Gasteiger partial charge in [-0.05, 0) is 0 Å². The van der Waals surface area contributed by atoms with Crippen LogP contribution in [0.2, 0.25) is 0 Å². The van der Waals surface area contributed by atoms with Crippen LogP contribution in [0.25, 0.3) is 0 Å². The lowest BCUT2D eigenvalue weighted by molar-refractivity contribution is -0.110. The van der Waals surface area contributed by atoms with E-state index in [2.05, 4.69) is 6.92 Å². The van der Waals surface area contributed by atoms with Gasteiger partial charge in [0.05, 0.1) is 13.2 Å². The maximum absolute atomic E-state index is 11.2. The fourth-order valence-corrected chi connectivity index (χ4v) is 1.95. The summed E-state index contributed by atoms with van der Waals surface area (Å²) in [4.78, 5) is 11.3. The first-order valence-corrected chi connectivity index (χ1v) is 4.79. The van der Waals surface area contributed by atoms with Crippen molar-refractivity contribution in [1.29, 1.82) is 0 Å². The fourth-order valence-electron chi connectivity index (χ4n) is 1.36. The molecule has 0 N–H and O–H groups in total. The van der Waals surface area contributed by atoms with E-state index < -0.39 is 0 Å². The number of hydrogen-bond donors (Lipinski definition) is 0. The Morgan fingerprint density at radius 2 is 2.50 bits per heavy atom. The smallest absolute Gasteiger partial charge is 0.307 e. The predicted octanol–water partition coefficient (Wildman–Crippen LogP) is 0.946. The van der Waals surface area contributed by atoms with Gasteiger partial charge >= 0.3 is 4.87 Å². The third-order valence-electron chi connectivity index (χ3n) is 2.10. The van der Waals surface area contributed by atoms with E-state index in [4.69, 9.17) is 4.74 Å². The van der Waals surface area contributed by atoms with Crippen LogP contribution < -0.4 is 4.87 Å². The zero-order valence-electron chi connectivity index (χ0n) is 6.95. The van der Waals surface area contributed by atoms with Crippen molar-refractivity contribution in [2.45, 2.75) is 13.5 Å². The fraction of sp³-hybridized carbons (Fsp3) is 0.625. The van der Waals surface area contributed by atoms with Gasteiger partial charge in [-0.15, -0.1) is 0 Å². The van der Waals surface area contributed by atoms with Gasteiger partial charge in [-0.25, -0.2) is 0 Å². The Morgan fingerprint density at radius 3 is 2.92 bits per heavy atom. The van der Waals surface area contributed by atoms with Crippen LogP contribution in [0.5, 0.6) is 0 Å². The van der Waals surface area contributed by atoms with E-state index >= 15 is 0 Å². The van der Waals surface area contributed by atoms with Gasteiger partial charge in [-0.2, -0.15) is 0 Å². The summed E-state index contributed by atoms with van der Waals surface area (Å²) in [5, 5.41) is 1.82. The second kappa shape index (κ2) is 2.71. The molecule has 0 aliphatic carbocycles. The minimum Gasteiger partial charge on any atom is -0.380 e. The highest BCUT2D eigenvalue weighted by Gasteiger charge is 2.33. The molecule has 3 nitrogen and oxygen atoms in total. The van der Waals surface area contributed by atoms with Crippen LogP contribution in [0.3, 0.4) is 0 Å². The SMILES string of the molecule is CC1(Cn2ccsc2=O)COC1. The van der Waals surface area contributed by atoms with Crippen LogP contribution in [0.4, 0.5) is 0 Å². The first-order valence-electron chi connectivity index (χ1n) is 3.91. The average Bonchev–Trinajstić information content (AvgIpc) is 2.34. The molecule has 0 radical (unpaired) electrons. The predicted molar refractivity (Wildman–Crippen MR) is 47.5 cm³/mol. The molecule has 0 saturated carbocycles. The summed E-state index contributed by atoms with van der Waals surface area (Å²) < 4.78 is 6.87. The van der Waals surface area contributed by atoms with Gasteiger partial charge in [0.1, 0.15) is 0 Å². The lowest BCUT2D eigenvalue weighted by atomic mass is 9.89. The maximum Gasteiger partial charge on any atom is 0.307 e. The van der Waals surface area contributed by atoms with Gasteiger partial charge in [-0.1, -0.05) is 18.3 Å². The molecule has 1 saturated heterocycles. The van der Waals surface area contributed by atoms with E-state index in [1.165, 1.54) is 11.3 Å². The van der Waals surface area contributed by atoms with Crippen molar-refractivity contribution in [2.75, 3.05) is 13.2 Å². The third-order valence-corrected chi connectivity index (χ3v) is 2.79. The molecule has 0 spiro atoms. The van der Waals surface area contributed by atoms with E-state index in [1.54, 1.807) is 4.57 Å². The number of hydrogen-bond acceptors (Lipinski definition) is 3. The zero-order chi connectivity index (χ0) is 8.60. The highest BCUT2D eigenvalue weighted by molar-refractivity contribution is 7.07. The van der Waals surface area contributed by atoms with Gasteiger partial charge in [0, 0.05) is 23.5 Å². The molecule has 0 unspecified atom stereocenters. The van der Waals surface area contributed by atoms with Gasteiger partial charge in [0.15, 0.2) is 0 Å². The summed E-state index contributed by atoms with van der Waals surface area (Å²) in [6.07, 6.45) is 1.84. The normalized spacial score (nSPS) is 20.4. The number of nitrogens with zero attached hydrogens (tertiary/aromatic N) is 1. The monoisotopic (exact) mass is 185 g/mol. The van der Waals surface area contributed by atoms with Gasteiger partial charge in [0.2, 0.25) is 0 Å². The van der Waals surface area contributed by atoms with Gasteiger partial charge < -0.3 is 9.30 Å². The summed E-state index contributed by atoms with van der Waals surface area (Å²) in [7, 11) is 0. The highest BCUT2D eigenvalue weighted by Crippen LogP contribution is 2.27. The molecule has 66 valence electrons. The molecular weight excluding hydrogens is 174 g/mol. The van der Waals surface area contributed by atoms with E-state index in [1.807, 2.05) is 11.6 Å². The van der Waals surface area contributed by atoms with Crippen molar-refractivity contribution >= 4 is 11.3 Å². The molecule has 1 aromatic rings. The maximum atomic E-state index is 11.2. The molecule has 1 aromatic heterocycles. The van der Waals surface area contributed by atoms with E-state index in [0.29, 0.717) is 0 Å². The van der Waals surface area contributed by atoms with Crippen molar-refractivity contribution in [3.8, 4) is 0 Å². The molecule has 0 aromatic carbocycles. The molecule has 12 heavy (non-hydrogen) atoms. The standard InChI is InChI=1S/C8H11NO2S/c1-8(5-11-6-8)4-9-2-3-12-7(9)10/h2-3H,4-6H2,1H3. The first-order chi connectivity index (χ1) is 5.70. The Morgan fingerprint density at radius 1 is 1.75 bits per heavy atom. The Labute approximate surface area is 74.6 Å². The minimum absolute atomic E-state index is 0.128. The van der Waals surface area contributed by atoms with Gasteiger partial charge in [-0.3, -0.25) is 4.79 Å². The summed E-state index contributed by atoms with van der Waals surface area (Å²) in [6.45, 7) is 4.47. The van der Waals surface area contributed by atoms with E-state index in [-0.39, 0.29) is 10.3 Å². The average molecular weight is 185 g/mol. The lowest BCUT2D eigenvalue weighted by Gasteiger charge is -2.37. The molecule has 4 heteroatoms. The van der Waals surface area contributed by atoms with Crippen LogP contribution >= 0.6 is 11.3 Å². The van der Waals surface area contributed by atoms with E-state index in [9.17, 15) is 4.79 Å². The van der Waals surface area contributed by atoms with Crippen molar-refractivity contribution < 1.29 is 4.74 Å². The number of rotatable bonds is 2. The number of aromatic nitrogens is 1. The minimum atomic E-state index is 0.128. The summed E-state index contributed by atoms with van der Waals surface area (Å²) in [5.74, 6) is 0. The second-order valence-electron chi connectivity index (χ2n) is 3.60. The highest BCUT2D eigenvalue weighted by atomic mass is 32.1. The quantitative estimate of drug-likeness (QED) is 0.686. The van der Waals surface area contributed by atoms with Crippen LogP contribution in [-0.4, -0.2) is 17.8 Å². The topological polar surface area (TPSA) is 31.2 Å². The second-order valence-corrected chi connectivity index (χ2v) is 4.46. The summed E-state index contributed by atoms with van der Waals surface area (Å²) >= 11 is 1.25. The molecule has 2 heterocycles. The zero-order valence-corrected chi connectivity index (χ0v) is 7.76. The molecule has 1 fully saturated rings. The Balaban J connectivity index is 2.13. The van der Waals surface area contributed by atoms with Crippen molar-refractivity contribution in [3.63, 3.8) is 0 Å². The number of thiazole rings is 1. The summed E-state index contributed by atoms with van der Waals surface area (Å²) in [5.41, 5.74) is 0.185. The Hall–Kier alpha value is -0.610. The molecule has 1 aliphatic heterocycles. The van der Waals surface area contributed by atoms with Crippen LogP contribution in [0.1, 0.15) is 6.92 Å². The van der Waals surface area contributed by atoms with Gasteiger partial charge in [0.25, 0.3) is 0 Å². The van der Waals surface area contributed by atoms with Crippen molar-refractivity contribution in [3.05, 3.63) is 21.2 Å². The Bertz CT molecular complexity index is 324. The molecule has 0 atom stereocenters. The molecule has 1 aliphatic rings. The van der Waals surface area contributed by atoms with E-state index in [0.717, 1.165) is 19.8 Å². The lowest BCUT2D eigenvalue weighted by Crippen LogP contribution is -2.44. The molecule has 0 amide bonds.